The number of nitrogens with two attached hydrogens (primary N) is 2. The fourth-order valence-corrected chi connectivity index (χ4v) is 4.50. The van der Waals surface area contributed by atoms with Gasteiger partial charge in [0.15, 0.2) is 11.7 Å². The molecule has 11 heteroatoms. The maximum Gasteiger partial charge on any atom is 0.246 e. The molecule has 0 saturated carbocycles. The first-order valence-electron chi connectivity index (χ1n) is 13.0. The fraction of sp³-hybridized carbons (Fsp3) is 0.276. The average molecular weight is 542 g/mol. The number of aromatic nitrogens is 2. The third kappa shape index (κ3) is 7.20. The van der Waals surface area contributed by atoms with Gasteiger partial charge < -0.3 is 31.0 Å². The molecule has 0 aliphatic carbocycles. The Kier molecular flexibility index (Phi) is 9.42. The van der Waals surface area contributed by atoms with Gasteiger partial charge in [-0.3, -0.25) is 4.79 Å². The summed E-state index contributed by atoms with van der Waals surface area (Å²) < 4.78 is 6.03. The Hall–Kier alpha value is -4.77. The second-order valence-electron chi connectivity index (χ2n) is 9.64. The average Bonchev–Trinajstić information content (AvgIpc) is 3.60. The molecule has 2 aromatic heterocycles. The summed E-state index contributed by atoms with van der Waals surface area (Å²) in [7, 11) is 3.94. The van der Waals surface area contributed by atoms with Crippen molar-refractivity contribution in [2.24, 2.45) is 26.4 Å². The monoisotopic (exact) mass is 541 g/mol. The highest BCUT2D eigenvalue weighted by Gasteiger charge is 2.29. The van der Waals surface area contributed by atoms with Gasteiger partial charge in [0.2, 0.25) is 5.91 Å². The predicted octanol–water partition coefficient (Wildman–Crippen LogP) is 3.63. The molecule has 1 saturated heterocycles. The Bertz CT molecular complexity index is 1440. The number of likely N-dealkylation sites (N-methyl/N-ethyl adjacent to an activating group) is 1. The zero-order valence-corrected chi connectivity index (χ0v) is 23.0. The first-order chi connectivity index (χ1) is 19.4. The molecule has 0 unspecified atom stereocenters. The van der Waals surface area contributed by atoms with E-state index in [2.05, 4.69) is 20.0 Å². The van der Waals surface area contributed by atoms with E-state index in [0.717, 1.165) is 29.8 Å². The lowest BCUT2D eigenvalue weighted by Crippen LogP contribution is -2.27. The van der Waals surface area contributed by atoms with Crippen molar-refractivity contribution in [1.29, 1.82) is 0 Å². The largest absolute Gasteiger partial charge is 0.457 e. The second kappa shape index (κ2) is 13.3. The van der Waals surface area contributed by atoms with Crippen molar-refractivity contribution in [3.63, 3.8) is 0 Å². The Morgan fingerprint density at radius 3 is 2.83 bits per heavy atom. The lowest BCUT2D eigenvalue weighted by Gasteiger charge is -2.15. The van der Waals surface area contributed by atoms with Crippen LogP contribution in [0.15, 0.2) is 75.9 Å². The van der Waals surface area contributed by atoms with Gasteiger partial charge in [-0.05, 0) is 68.9 Å². The van der Waals surface area contributed by atoms with Crippen molar-refractivity contribution < 1.29 is 9.53 Å². The molecule has 1 fully saturated rings. The van der Waals surface area contributed by atoms with E-state index in [0.29, 0.717) is 41.9 Å². The van der Waals surface area contributed by atoms with Gasteiger partial charge in [0.25, 0.3) is 0 Å². The Labute approximate surface area is 234 Å². The summed E-state index contributed by atoms with van der Waals surface area (Å²) in [5.74, 6) is 2.38. The van der Waals surface area contributed by atoms with Crippen molar-refractivity contribution in [2.75, 3.05) is 33.7 Å². The number of aromatic amines is 1. The summed E-state index contributed by atoms with van der Waals surface area (Å²) in [5, 5.41) is 0. The molecule has 3 aromatic rings. The summed E-state index contributed by atoms with van der Waals surface area (Å²) in [4.78, 5) is 37.1. The minimum atomic E-state index is 0.0307. The van der Waals surface area contributed by atoms with E-state index in [1.165, 1.54) is 12.7 Å². The van der Waals surface area contributed by atoms with Gasteiger partial charge in [0.05, 0.1) is 24.1 Å². The van der Waals surface area contributed by atoms with Crippen LogP contribution in [0.3, 0.4) is 0 Å². The van der Waals surface area contributed by atoms with Crippen LogP contribution in [-0.4, -0.2) is 77.9 Å². The van der Waals surface area contributed by atoms with Crippen LogP contribution in [0.2, 0.25) is 0 Å². The summed E-state index contributed by atoms with van der Waals surface area (Å²) in [6.07, 6.45) is 10.3. The number of carbonyl (C=O) groups excluding carboxylic acids is 1. The maximum atomic E-state index is 12.6. The zero-order valence-electron chi connectivity index (χ0n) is 23.0. The number of ether oxygens (including phenoxy) is 1. The molecule has 1 aromatic carbocycles. The number of likely N-dealkylation sites (tertiary alicyclic amines) is 1. The van der Waals surface area contributed by atoms with Gasteiger partial charge in [0.1, 0.15) is 11.5 Å². The third-order valence-electron chi connectivity index (χ3n) is 6.42. The predicted molar refractivity (Wildman–Crippen MR) is 159 cm³/mol. The number of nitrogens with one attached hydrogen (secondary N) is 1. The van der Waals surface area contributed by atoms with E-state index in [9.17, 15) is 4.79 Å². The van der Waals surface area contributed by atoms with Gasteiger partial charge in [-0.1, -0.05) is 6.08 Å². The molecule has 1 aliphatic rings. The standard InChI is InChI=1S/C29H35N9O2/c1-20-15-22(6-7-25(20)40-23-8-11-32-26(16-23)34-18-30)36-29(35-19-31)28-24(9-12-33-28)21-10-14-38(17-21)27(39)5-4-13-37(2)3/h4-9,11-12,15-16,18-19,21,33H,10,13-14,17H2,1-3H3,(H2,30,32,34)(H2,31,35,36)/b5-4+/t21-/m0/s1. The normalized spacial score (nSPS) is 16.2. The van der Waals surface area contributed by atoms with Gasteiger partial charge >= 0.3 is 0 Å². The van der Waals surface area contributed by atoms with E-state index in [1.54, 1.807) is 24.4 Å². The molecule has 1 amide bonds. The third-order valence-corrected chi connectivity index (χ3v) is 6.42. The smallest absolute Gasteiger partial charge is 0.246 e. The maximum absolute atomic E-state index is 12.6. The van der Waals surface area contributed by atoms with Crippen LogP contribution in [0, 0.1) is 6.92 Å². The minimum Gasteiger partial charge on any atom is -0.457 e. The van der Waals surface area contributed by atoms with Crippen LogP contribution >= 0.6 is 0 Å². The van der Waals surface area contributed by atoms with Crippen LogP contribution < -0.4 is 16.2 Å². The zero-order chi connectivity index (χ0) is 28.5. The molecule has 3 heterocycles. The molecule has 4 rings (SSSR count). The molecule has 0 radical (unpaired) electrons. The van der Waals surface area contributed by atoms with Gasteiger partial charge in [0, 0.05) is 50.1 Å². The van der Waals surface area contributed by atoms with Crippen molar-refractivity contribution in [1.82, 2.24) is 19.8 Å². The highest BCUT2D eigenvalue weighted by Crippen LogP contribution is 2.32. The molecule has 40 heavy (non-hydrogen) atoms. The van der Waals surface area contributed by atoms with Gasteiger partial charge in [-0.2, -0.15) is 0 Å². The number of aliphatic imine (C=N–C) groups is 3. The highest BCUT2D eigenvalue weighted by molar-refractivity contribution is 6.04. The molecule has 208 valence electrons. The number of rotatable bonds is 9. The number of amidine groups is 1. The quantitative estimate of drug-likeness (QED) is 0.214. The Morgan fingerprint density at radius 2 is 2.08 bits per heavy atom. The molecule has 0 bridgehead atoms. The topological polar surface area (TPSA) is 151 Å². The van der Waals surface area contributed by atoms with E-state index >= 15 is 0 Å². The number of benzene rings is 1. The SMILES string of the molecule is Cc1cc(N=C(N=CN)c2[nH]ccc2[C@H]2CCN(C(=O)/C=C/CN(C)C)C2)ccc1Oc1ccnc(N=CN)c1. The molecule has 1 atom stereocenters. The van der Waals surface area contributed by atoms with Crippen LogP contribution in [0.5, 0.6) is 11.5 Å². The van der Waals surface area contributed by atoms with Crippen molar-refractivity contribution in [2.45, 2.75) is 19.3 Å². The van der Waals surface area contributed by atoms with Crippen LogP contribution in [-0.2, 0) is 4.79 Å². The number of hydrogen-bond acceptors (Lipinski definition) is 6. The van der Waals surface area contributed by atoms with Crippen molar-refractivity contribution >= 4 is 35.9 Å². The summed E-state index contributed by atoms with van der Waals surface area (Å²) in [6.45, 7) is 4.00. The van der Waals surface area contributed by atoms with Gasteiger partial charge in [-0.25, -0.2) is 20.0 Å². The van der Waals surface area contributed by atoms with E-state index in [-0.39, 0.29) is 11.8 Å². The molecule has 0 spiro atoms. The lowest BCUT2D eigenvalue weighted by molar-refractivity contribution is -0.125. The number of aryl methyl sites for hydroxylation is 1. The summed E-state index contributed by atoms with van der Waals surface area (Å²) in [5.41, 5.74) is 14.5. The molecule has 11 nitrogen and oxygen atoms in total. The lowest BCUT2D eigenvalue weighted by atomic mass is 9.98. The van der Waals surface area contributed by atoms with Crippen molar-refractivity contribution in [3.8, 4) is 11.5 Å². The van der Waals surface area contributed by atoms with Crippen LogP contribution in [0.4, 0.5) is 11.5 Å². The number of nitrogens with zero attached hydrogens (tertiary/aromatic N) is 6. The second-order valence-corrected chi connectivity index (χ2v) is 9.64. The van der Waals surface area contributed by atoms with Crippen molar-refractivity contribution in [3.05, 3.63) is 77.8 Å². The number of amides is 1. The van der Waals surface area contributed by atoms with E-state index in [1.807, 2.05) is 67.4 Å². The number of pyridine rings is 1. The number of carbonyl (C=O) groups is 1. The Morgan fingerprint density at radius 1 is 1.23 bits per heavy atom. The highest BCUT2D eigenvalue weighted by atomic mass is 16.5. The molecule has 1 aliphatic heterocycles. The molecular formula is C29H35N9O2. The first kappa shape index (κ1) is 28.2. The Balaban J connectivity index is 1.52. The van der Waals surface area contributed by atoms with Crippen LogP contribution in [0.25, 0.3) is 0 Å². The van der Waals surface area contributed by atoms with E-state index in [4.69, 9.17) is 21.2 Å². The van der Waals surface area contributed by atoms with E-state index < -0.39 is 0 Å². The molecular weight excluding hydrogens is 506 g/mol. The number of H-pyrrole nitrogens is 1. The van der Waals surface area contributed by atoms with Gasteiger partial charge in [-0.15, -0.1) is 0 Å². The minimum absolute atomic E-state index is 0.0307. The fourth-order valence-electron chi connectivity index (χ4n) is 4.50. The van der Waals surface area contributed by atoms with Crippen LogP contribution in [0.1, 0.15) is 29.2 Å². The summed E-state index contributed by atoms with van der Waals surface area (Å²) in [6, 6.07) is 11.1. The summed E-state index contributed by atoms with van der Waals surface area (Å²) >= 11 is 0. The first-order valence-corrected chi connectivity index (χ1v) is 13.0. The molecule has 5 N–H and O–H groups in total. The number of hydrogen-bond donors (Lipinski definition) is 3.